The molecule has 0 aliphatic rings. The molecule has 0 heterocycles. The lowest BCUT2D eigenvalue weighted by molar-refractivity contribution is -0.0500. The first kappa shape index (κ1) is 12.2. The number of hydrogen-bond acceptors (Lipinski definition) is 3. The number of ether oxygens (including phenoxy) is 1. The number of nitriles is 1. The van der Waals surface area contributed by atoms with Crippen molar-refractivity contribution in [1.29, 1.82) is 5.26 Å². The van der Waals surface area contributed by atoms with Gasteiger partial charge in [0.05, 0.1) is 10.6 Å². The van der Waals surface area contributed by atoms with E-state index < -0.39 is 29.5 Å². The van der Waals surface area contributed by atoms with E-state index in [1.807, 2.05) is 0 Å². The van der Waals surface area contributed by atoms with Crippen LogP contribution in [0.2, 0.25) is 5.02 Å². The van der Waals surface area contributed by atoms with Crippen LogP contribution in [0, 0.1) is 11.3 Å². The van der Waals surface area contributed by atoms with Crippen molar-refractivity contribution in [2.24, 2.45) is 0 Å². The van der Waals surface area contributed by atoms with Crippen molar-refractivity contribution in [2.75, 3.05) is 0 Å². The number of benzene rings is 1. The molecule has 0 fully saturated rings. The lowest BCUT2D eigenvalue weighted by Gasteiger charge is -2.09. The molecule has 0 aromatic heterocycles. The fourth-order valence-corrected chi connectivity index (χ4v) is 1.25. The Balaban J connectivity index is 3.40. The van der Waals surface area contributed by atoms with E-state index in [9.17, 15) is 13.6 Å². The van der Waals surface area contributed by atoms with E-state index in [0.717, 1.165) is 12.1 Å². The minimum atomic E-state index is -3.19. The lowest BCUT2D eigenvalue weighted by atomic mass is 10.1. The summed E-state index contributed by atoms with van der Waals surface area (Å²) in [5.74, 6) is -2.05. The highest BCUT2D eigenvalue weighted by Crippen LogP contribution is 2.32. The fraction of sp³-hybridized carbons (Fsp3) is 0.111. The van der Waals surface area contributed by atoms with Gasteiger partial charge >= 0.3 is 12.6 Å². The standard InChI is InChI=1S/C9H4ClF2NO3/c10-6-2-1-4(8(14)15)5(3-13)7(6)16-9(11)12/h1-2,9H,(H,14,15). The Kier molecular flexibility index (Phi) is 3.64. The molecule has 0 aliphatic heterocycles. The first-order chi connectivity index (χ1) is 7.47. The molecule has 16 heavy (non-hydrogen) atoms. The highest BCUT2D eigenvalue weighted by Gasteiger charge is 2.20. The highest BCUT2D eigenvalue weighted by atomic mass is 35.5. The maximum atomic E-state index is 12.0. The maximum Gasteiger partial charge on any atom is 0.387 e. The number of halogens is 3. The van der Waals surface area contributed by atoms with Crippen molar-refractivity contribution in [3.63, 3.8) is 0 Å². The zero-order valence-electron chi connectivity index (χ0n) is 7.58. The van der Waals surface area contributed by atoms with Gasteiger partial charge in [0.15, 0.2) is 5.75 Å². The molecule has 0 spiro atoms. The third-order valence-corrected chi connectivity index (χ3v) is 1.96. The highest BCUT2D eigenvalue weighted by molar-refractivity contribution is 6.32. The van der Waals surface area contributed by atoms with E-state index in [4.69, 9.17) is 22.0 Å². The first-order valence-corrected chi connectivity index (χ1v) is 4.26. The van der Waals surface area contributed by atoms with Gasteiger partial charge < -0.3 is 9.84 Å². The molecule has 0 bridgehead atoms. The van der Waals surface area contributed by atoms with Gasteiger partial charge in [0.25, 0.3) is 0 Å². The number of nitrogens with zero attached hydrogens (tertiary/aromatic N) is 1. The lowest BCUT2D eigenvalue weighted by Crippen LogP contribution is -2.08. The zero-order valence-corrected chi connectivity index (χ0v) is 8.33. The SMILES string of the molecule is N#Cc1c(C(=O)O)ccc(Cl)c1OC(F)F. The molecule has 0 radical (unpaired) electrons. The van der Waals surface area contributed by atoms with Gasteiger partial charge in [-0.2, -0.15) is 14.0 Å². The fourth-order valence-electron chi connectivity index (χ4n) is 1.05. The molecule has 84 valence electrons. The van der Waals surface area contributed by atoms with Crippen LogP contribution in [-0.2, 0) is 0 Å². The molecular weight excluding hydrogens is 244 g/mol. The van der Waals surface area contributed by atoms with Gasteiger partial charge in [-0.15, -0.1) is 0 Å². The van der Waals surface area contributed by atoms with Crippen LogP contribution in [-0.4, -0.2) is 17.7 Å². The molecule has 1 aromatic carbocycles. The van der Waals surface area contributed by atoms with Crippen molar-refractivity contribution in [3.8, 4) is 11.8 Å². The molecule has 0 atom stereocenters. The maximum absolute atomic E-state index is 12.0. The average Bonchev–Trinajstić information content (AvgIpc) is 2.19. The summed E-state index contributed by atoms with van der Waals surface area (Å²) >= 11 is 5.53. The van der Waals surface area contributed by atoms with Crippen LogP contribution in [0.25, 0.3) is 0 Å². The van der Waals surface area contributed by atoms with Crippen LogP contribution >= 0.6 is 11.6 Å². The molecule has 0 unspecified atom stereocenters. The predicted octanol–water partition coefficient (Wildman–Crippen LogP) is 2.51. The number of alkyl halides is 2. The van der Waals surface area contributed by atoms with Crippen LogP contribution in [0.3, 0.4) is 0 Å². The van der Waals surface area contributed by atoms with Gasteiger partial charge in [-0.05, 0) is 12.1 Å². The Bertz CT molecular complexity index is 471. The van der Waals surface area contributed by atoms with Gasteiger partial charge in [0.1, 0.15) is 11.6 Å². The molecule has 1 rings (SSSR count). The van der Waals surface area contributed by atoms with Crippen molar-refractivity contribution < 1.29 is 23.4 Å². The molecule has 4 nitrogen and oxygen atoms in total. The van der Waals surface area contributed by atoms with Crippen LogP contribution in [0.5, 0.6) is 5.75 Å². The third kappa shape index (κ3) is 2.38. The molecule has 0 amide bonds. The molecule has 1 aromatic rings. The number of rotatable bonds is 3. The summed E-state index contributed by atoms with van der Waals surface area (Å²) < 4.78 is 28.0. The zero-order chi connectivity index (χ0) is 12.3. The minimum absolute atomic E-state index is 0.248. The van der Waals surface area contributed by atoms with Crippen molar-refractivity contribution in [1.82, 2.24) is 0 Å². The number of carbonyl (C=O) groups is 1. The van der Waals surface area contributed by atoms with E-state index in [2.05, 4.69) is 4.74 Å². The molecule has 0 aliphatic carbocycles. The van der Waals surface area contributed by atoms with Crippen molar-refractivity contribution in [3.05, 3.63) is 28.3 Å². The van der Waals surface area contributed by atoms with Gasteiger partial charge in [-0.3, -0.25) is 0 Å². The Morgan fingerprint density at radius 3 is 2.62 bits per heavy atom. The van der Waals surface area contributed by atoms with Crippen molar-refractivity contribution in [2.45, 2.75) is 6.61 Å². The number of carboxylic acids is 1. The Morgan fingerprint density at radius 1 is 1.56 bits per heavy atom. The Labute approximate surface area is 93.6 Å². The first-order valence-electron chi connectivity index (χ1n) is 3.88. The van der Waals surface area contributed by atoms with E-state index in [-0.39, 0.29) is 5.02 Å². The van der Waals surface area contributed by atoms with E-state index in [0.29, 0.717) is 0 Å². The summed E-state index contributed by atoms with van der Waals surface area (Å²) in [5.41, 5.74) is -0.970. The number of carboxylic acid groups (broad SMARTS) is 1. The second-order valence-electron chi connectivity index (χ2n) is 2.59. The summed E-state index contributed by atoms with van der Waals surface area (Å²) in [4.78, 5) is 10.7. The van der Waals surface area contributed by atoms with Crippen LogP contribution < -0.4 is 4.74 Å². The monoisotopic (exact) mass is 247 g/mol. The third-order valence-electron chi connectivity index (χ3n) is 1.66. The minimum Gasteiger partial charge on any atom is -0.478 e. The normalized spacial score (nSPS) is 9.94. The second kappa shape index (κ2) is 4.77. The largest absolute Gasteiger partial charge is 0.478 e. The molecular formula is C9H4ClF2NO3. The van der Waals surface area contributed by atoms with Gasteiger partial charge in [0.2, 0.25) is 0 Å². The topological polar surface area (TPSA) is 70.3 Å². The smallest absolute Gasteiger partial charge is 0.387 e. The molecule has 1 N–H and O–H groups in total. The predicted molar refractivity (Wildman–Crippen MR) is 49.8 cm³/mol. The van der Waals surface area contributed by atoms with Gasteiger partial charge in [-0.1, -0.05) is 11.6 Å². The summed E-state index contributed by atoms with van der Waals surface area (Å²) in [6.07, 6.45) is 0. The Morgan fingerprint density at radius 2 is 2.19 bits per heavy atom. The van der Waals surface area contributed by atoms with Crippen molar-refractivity contribution >= 4 is 17.6 Å². The van der Waals surface area contributed by atoms with E-state index >= 15 is 0 Å². The van der Waals surface area contributed by atoms with Crippen LogP contribution in [0.4, 0.5) is 8.78 Å². The summed E-state index contributed by atoms with van der Waals surface area (Å²) in [7, 11) is 0. The average molecular weight is 248 g/mol. The van der Waals surface area contributed by atoms with Crippen LogP contribution in [0.1, 0.15) is 15.9 Å². The molecule has 7 heteroatoms. The van der Waals surface area contributed by atoms with Gasteiger partial charge in [0, 0.05) is 0 Å². The number of aromatic carboxylic acids is 1. The summed E-state index contributed by atoms with van der Waals surface area (Å²) in [6, 6.07) is 3.58. The summed E-state index contributed by atoms with van der Waals surface area (Å²) in [5, 5.41) is 17.1. The van der Waals surface area contributed by atoms with Gasteiger partial charge in [-0.25, -0.2) is 4.79 Å². The Hall–Kier alpha value is -1.87. The molecule has 0 saturated carbocycles. The van der Waals surface area contributed by atoms with E-state index in [1.165, 1.54) is 6.07 Å². The summed E-state index contributed by atoms with van der Waals surface area (Å²) in [6.45, 7) is -3.19. The molecule has 0 saturated heterocycles. The number of hydrogen-bond donors (Lipinski definition) is 1. The van der Waals surface area contributed by atoms with E-state index in [1.54, 1.807) is 0 Å². The quantitative estimate of drug-likeness (QED) is 0.891. The van der Waals surface area contributed by atoms with Crippen LogP contribution in [0.15, 0.2) is 12.1 Å². The second-order valence-corrected chi connectivity index (χ2v) is 3.00.